The maximum atomic E-state index is 13.0. The summed E-state index contributed by atoms with van der Waals surface area (Å²) in [6, 6.07) is 12.3. The lowest BCUT2D eigenvalue weighted by atomic mass is 10.1. The first-order valence-corrected chi connectivity index (χ1v) is 12.0. The topological polar surface area (TPSA) is 113 Å². The Morgan fingerprint density at radius 1 is 1.23 bits per heavy atom. The van der Waals surface area contributed by atoms with E-state index in [9.17, 15) is 23.1 Å². The number of carbonyl (C=O) groups excluding carboxylic acids is 1. The van der Waals surface area contributed by atoms with Gasteiger partial charge in [0.1, 0.15) is 9.75 Å². The summed E-state index contributed by atoms with van der Waals surface area (Å²) >= 11 is 1.09. The molecule has 1 fully saturated rings. The lowest BCUT2D eigenvalue weighted by Crippen LogP contribution is -2.44. The number of rotatable bonds is 6. The van der Waals surface area contributed by atoms with E-state index in [1.54, 1.807) is 35.2 Å². The molecule has 1 saturated carbocycles. The number of hydrogen-bond acceptors (Lipinski definition) is 6. The Kier molecular flexibility index (Phi) is 5.63. The number of amides is 1. The summed E-state index contributed by atoms with van der Waals surface area (Å²) in [7, 11) is -2.68. The summed E-state index contributed by atoms with van der Waals surface area (Å²) in [5.74, 6) is -1.59. The first kappa shape index (κ1) is 21.5. The number of carboxylic acid groups (broad SMARTS) is 1. The fraction of sp³-hybridized carbons (Fsp3) is 0.333. The number of hydrogen-bond donors (Lipinski definition) is 2. The monoisotopic (exact) mass is 462 g/mol. The first-order chi connectivity index (χ1) is 14.8. The second-order valence-electron chi connectivity index (χ2n) is 7.56. The molecule has 0 spiro atoms. The molecular weight excluding hydrogens is 440 g/mol. The largest absolute Gasteiger partial charge is 0.480 e. The molecule has 2 N–H and O–H groups in total. The van der Waals surface area contributed by atoms with Crippen LogP contribution in [-0.4, -0.2) is 56.2 Å². The smallest absolute Gasteiger partial charge is 0.409 e. The number of thiophene rings is 1. The van der Waals surface area contributed by atoms with Crippen LogP contribution in [0.5, 0.6) is 0 Å². The zero-order valence-corrected chi connectivity index (χ0v) is 18.4. The molecule has 164 valence electrons. The Morgan fingerprint density at radius 3 is 2.58 bits per heavy atom. The molecule has 0 radical (unpaired) electrons. The maximum Gasteiger partial charge on any atom is 0.409 e. The van der Waals surface area contributed by atoms with Gasteiger partial charge >= 0.3 is 12.1 Å². The van der Waals surface area contributed by atoms with Crippen molar-refractivity contribution in [3.8, 4) is 0 Å². The standard InChI is InChI=1S/C21H22N2O6S2/c1-29-20(26)23-11-9-15(10-12-23)17-7-8-18(30-17)31(27,28)22-21(19(24)25)13-16(21)14-5-3-2-4-6-14/h2-9,16,22H,10-13H2,1H3,(H,24,25)/t16-,21-/m0/s1. The van der Waals surface area contributed by atoms with Gasteiger partial charge in [0.05, 0.1) is 7.11 Å². The second kappa shape index (κ2) is 8.10. The number of carboxylic acids is 1. The van der Waals surface area contributed by atoms with Crippen LogP contribution < -0.4 is 4.72 Å². The summed E-state index contributed by atoms with van der Waals surface area (Å²) in [5.41, 5.74) is 0.213. The minimum atomic E-state index is -4.01. The molecule has 1 aromatic carbocycles. The Balaban J connectivity index is 1.51. The summed E-state index contributed by atoms with van der Waals surface area (Å²) in [5, 5.41) is 9.77. The van der Waals surface area contributed by atoms with Crippen molar-refractivity contribution in [3.63, 3.8) is 0 Å². The van der Waals surface area contributed by atoms with Gasteiger partial charge in [-0.1, -0.05) is 36.4 Å². The Morgan fingerprint density at radius 2 is 1.97 bits per heavy atom. The molecule has 10 heteroatoms. The van der Waals surface area contributed by atoms with E-state index in [-0.39, 0.29) is 10.6 Å². The van der Waals surface area contributed by atoms with Crippen LogP contribution >= 0.6 is 11.3 Å². The highest BCUT2D eigenvalue weighted by Crippen LogP contribution is 2.52. The van der Waals surface area contributed by atoms with E-state index in [0.717, 1.165) is 27.4 Å². The molecule has 2 heterocycles. The van der Waals surface area contributed by atoms with Crippen LogP contribution in [0.3, 0.4) is 0 Å². The van der Waals surface area contributed by atoms with Crippen molar-refractivity contribution in [1.29, 1.82) is 0 Å². The van der Waals surface area contributed by atoms with E-state index in [1.807, 2.05) is 12.1 Å². The van der Waals surface area contributed by atoms with Crippen LogP contribution in [0, 0.1) is 0 Å². The molecule has 2 aromatic rings. The molecule has 31 heavy (non-hydrogen) atoms. The molecule has 1 aliphatic carbocycles. The summed E-state index contributed by atoms with van der Waals surface area (Å²) in [6.07, 6.45) is 2.27. The van der Waals surface area contributed by atoms with Crippen molar-refractivity contribution in [1.82, 2.24) is 9.62 Å². The fourth-order valence-corrected chi connectivity index (χ4v) is 6.64. The van der Waals surface area contributed by atoms with Crippen molar-refractivity contribution >= 4 is 39.0 Å². The molecule has 4 rings (SSSR count). The van der Waals surface area contributed by atoms with Crippen LogP contribution in [0.15, 0.2) is 52.7 Å². The van der Waals surface area contributed by atoms with Gasteiger partial charge in [-0.25, -0.2) is 13.2 Å². The van der Waals surface area contributed by atoms with Crippen LogP contribution in [0.1, 0.15) is 29.2 Å². The zero-order valence-electron chi connectivity index (χ0n) is 16.8. The van der Waals surface area contributed by atoms with Gasteiger partial charge in [-0.15, -0.1) is 11.3 Å². The first-order valence-electron chi connectivity index (χ1n) is 9.71. The van der Waals surface area contributed by atoms with E-state index < -0.39 is 33.5 Å². The second-order valence-corrected chi connectivity index (χ2v) is 10.6. The van der Waals surface area contributed by atoms with Gasteiger partial charge in [-0.3, -0.25) is 4.79 Å². The molecule has 1 aliphatic heterocycles. The van der Waals surface area contributed by atoms with E-state index >= 15 is 0 Å². The van der Waals surface area contributed by atoms with Crippen LogP contribution in [0.2, 0.25) is 0 Å². The maximum absolute atomic E-state index is 13.0. The van der Waals surface area contributed by atoms with Gasteiger partial charge in [0, 0.05) is 23.9 Å². The van der Waals surface area contributed by atoms with Crippen LogP contribution in [0.25, 0.3) is 5.57 Å². The third kappa shape index (κ3) is 4.10. The minimum absolute atomic E-state index is 0.0677. The van der Waals surface area contributed by atoms with Crippen LogP contribution in [0.4, 0.5) is 4.79 Å². The molecule has 0 unspecified atom stereocenters. The van der Waals surface area contributed by atoms with Gasteiger partial charge in [-0.2, -0.15) is 4.72 Å². The molecule has 0 bridgehead atoms. The van der Waals surface area contributed by atoms with E-state index in [2.05, 4.69) is 4.72 Å². The molecule has 2 aliphatic rings. The van der Waals surface area contributed by atoms with Crippen molar-refractivity contribution in [2.45, 2.75) is 28.5 Å². The number of nitrogens with one attached hydrogen (secondary N) is 1. The van der Waals surface area contributed by atoms with Crippen molar-refractivity contribution in [2.24, 2.45) is 0 Å². The van der Waals surface area contributed by atoms with E-state index in [4.69, 9.17) is 4.74 Å². The molecule has 1 amide bonds. The molecular formula is C21H22N2O6S2. The normalized spacial score (nSPS) is 23.2. The summed E-state index contributed by atoms with van der Waals surface area (Å²) in [4.78, 5) is 25.9. The lowest BCUT2D eigenvalue weighted by Gasteiger charge is -2.24. The Hall–Kier alpha value is -2.69. The number of benzene rings is 1. The molecule has 1 aromatic heterocycles. The SMILES string of the molecule is COC(=O)N1CC=C(c2ccc(S(=O)(=O)N[C@@]3(C(=O)O)C[C@H]3c3ccccc3)s2)CC1. The number of methoxy groups -OCH3 is 1. The predicted molar refractivity (Wildman–Crippen MR) is 115 cm³/mol. The van der Waals surface area contributed by atoms with E-state index in [1.165, 1.54) is 13.2 Å². The van der Waals surface area contributed by atoms with Gasteiger partial charge < -0.3 is 14.7 Å². The highest BCUT2D eigenvalue weighted by Gasteiger charge is 2.63. The fourth-order valence-electron chi connectivity index (χ4n) is 3.86. The van der Waals surface area contributed by atoms with Crippen molar-refractivity contribution in [2.75, 3.05) is 20.2 Å². The van der Waals surface area contributed by atoms with Crippen molar-refractivity contribution in [3.05, 3.63) is 59.0 Å². The molecule has 2 atom stereocenters. The molecule has 8 nitrogen and oxygen atoms in total. The average molecular weight is 463 g/mol. The van der Waals surface area contributed by atoms with Gasteiger partial charge in [0.25, 0.3) is 10.0 Å². The number of nitrogens with zero attached hydrogens (tertiary/aromatic N) is 1. The lowest BCUT2D eigenvalue weighted by molar-refractivity contribution is -0.140. The minimum Gasteiger partial charge on any atom is -0.480 e. The van der Waals surface area contributed by atoms with Crippen LogP contribution in [-0.2, 0) is 19.6 Å². The van der Waals surface area contributed by atoms with Gasteiger partial charge in [0.2, 0.25) is 0 Å². The predicted octanol–water partition coefficient (Wildman–Crippen LogP) is 2.89. The molecule has 0 saturated heterocycles. The number of ether oxygens (including phenoxy) is 1. The quantitative estimate of drug-likeness (QED) is 0.683. The van der Waals surface area contributed by atoms with Crippen molar-refractivity contribution < 1.29 is 27.9 Å². The van der Waals surface area contributed by atoms with Gasteiger partial charge in [-0.05, 0) is 36.1 Å². The average Bonchev–Trinajstić information content (AvgIpc) is 3.27. The highest BCUT2D eigenvalue weighted by molar-refractivity contribution is 7.91. The Bertz CT molecular complexity index is 1140. The third-order valence-electron chi connectivity index (χ3n) is 5.67. The zero-order chi connectivity index (χ0) is 22.2. The highest BCUT2D eigenvalue weighted by atomic mass is 32.2. The third-order valence-corrected chi connectivity index (χ3v) is 8.83. The number of aliphatic carboxylic acids is 1. The van der Waals surface area contributed by atoms with Gasteiger partial charge in [0.15, 0.2) is 0 Å². The number of sulfonamides is 1. The Labute approximate surface area is 184 Å². The summed E-state index contributed by atoms with van der Waals surface area (Å²) in [6.45, 7) is 0.874. The number of carbonyl (C=O) groups is 2. The van der Waals surface area contributed by atoms with E-state index in [0.29, 0.717) is 19.5 Å². The summed E-state index contributed by atoms with van der Waals surface area (Å²) < 4.78 is 33.2.